The van der Waals surface area contributed by atoms with E-state index in [4.69, 9.17) is 5.73 Å². The van der Waals surface area contributed by atoms with Gasteiger partial charge in [-0.2, -0.15) is 11.8 Å². The molecule has 6 heteroatoms. The molecule has 1 atom stereocenters. The highest BCUT2D eigenvalue weighted by molar-refractivity contribution is 7.98. The molecule has 0 aliphatic rings. The summed E-state index contributed by atoms with van der Waals surface area (Å²) in [6.45, 7) is 2.01. The van der Waals surface area contributed by atoms with Crippen LogP contribution in [0.1, 0.15) is 18.9 Å². The molecule has 0 aliphatic carbocycles. The zero-order chi connectivity index (χ0) is 14.5. The van der Waals surface area contributed by atoms with Gasteiger partial charge < -0.3 is 5.73 Å². The Kier molecular flexibility index (Phi) is 6.16. The van der Waals surface area contributed by atoms with E-state index in [1.807, 2.05) is 13.2 Å². The van der Waals surface area contributed by atoms with Crippen molar-refractivity contribution in [2.75, 3.05) is 24.8 Å². The summed E-state index contributed by atoms with van der Waals surface area (Å²) in [5.41, 5.74) is 7.00. The second-order valence-corrected chi connectivity index (χ2v) is 7.47. The summed E-state index contributed by atoms with van der Waals surface area (Å²) in [6.07, 6.45) is 2.81. The summed E-state index contributed by atoms with van der Waals surface area (Å²) in [5.74, 6) is 0.836. The lowest BCUT2D eigenvalue weighted by Crippen LogP contribution is -2.38. The third-order valence-electron chi connectivity index (χ3n) is 3.11. The Morgan fingerprint density at radius 1 is 1.32 bits per heavy atom. The highest BCUT2D eigenvalue weighted by Gasteiger charge is 2.24. The number of anilines is 1. The Morgan fingerprint density at radius 3 is 2.37 bits per heavy atom. The molecule has 0 spiro atoms. The topological polar surface area (TPSA) is 63.4 Å². The second kappa shape index (κ2) is 7.17. The fourth-order valence-electron chi connectivity index (χ4n) is 1.83. The number of benzene rings is 1. The van der Waals surface area contributed by atoms with Crippen molar-refractivity contribution in [1.82, 2.24) is 4.31 Å². The van der Waals surface area contributed by atoms with Crippen molar-refractivity contribution in [1.29, 1.82) is 0 Å². The lowest BCUT2D eigenvalue weighted by atomic mass is 10.2. The Morgan fingerprint density at radius 2 is 1.89 bits per heavy atom. The van der Waals surface area contributed by atoms with E-state index in [0.29, 0.717) is 5.69 Å². The quantitative estimate of drug-likeness (QED) is 0.784. The van der Waals surface area contributed by atoms with Gasteiger partial charge in [-0.3, -0.25) is 0 Å². The van der Waals surface area contributed by atoms with Crippen LogP contribution in [-0.2, 0) is 15.8 Å². The van der Waals surface area contributed by atoms with Gasteiger partial charge in [0.1, 0.15) is 0 Å². The van der Waals surface area contributed by atoms with E-state index < -0.39 is 10.0 Å². The van der Waals surface area contributed by atoms with E-state index in [1.54, 1.807) is 43.1 Å². The first-order valence-corrected chi connectivity index (χ1v) is 9.20. The molecule has 108 valence electrons. The van der Waals surface area contributed by atoms with Crippen LogP contribution in [0, 0.1) is 0 Å². The number of hydrogen-bond donors (Lipinski definition) is 1. The summed E-state index contributed by atoms with van der Waals surface area (Å²) < 4.78 is 26.2. The minimum atomic E-state index is -3.28. The van der Waals surface area contributed by atoms with Gasteiger partial charge in [0.05, 0.1) is 5.75 Å². The molecule has 0 fully saturated rings. The van der Waals surface area contributed by atoms with Crippen LogP contribution in [-0.4, -0.2) is 37.8 Å². The van der Waals surface area contributed by atoms with Gasteiger partial charge in [-0.15, -0.1) is 0 Å². The Hall–Kier alpha value is -0.720. The van der Waals surface area contributed by atoms with Crippen molar-refractivity contribution < 1.29 is 8.42 Å². The third kappa shape index (κ3) is 4.71. The molecule has 4 nitrogen and oxygen atoms in total. The van der Waals surface area contributed by atoms with Crippen LogP contribution < -0.4 is 5.73 Å². The van der Waals surface area contributed by atoms with Crippen LogP contribution in [0.4, 0.5) is 5.69 Å². The fourth-order valence-corrected chi connectivity index (χ4v) is 4.26. The third-order valence-corrected chi connectivity index (χ3v) is 5.70. The smallest absolute Gasteiger partial charge is 0.218 e. The maximum atomic E-state index is 12.3. The van der Waals surface area contributed by atoms with Gasteiger partial charge in [-0.05, 0) is 30.4 Å². The summed E-state index contributed by atoms with van der Waals surface area (Å²) in [4.78, 5) is 0. The highest BCUT2D eigenvalue weighted by Crippen LogP contribution is 2.17. The van der Waals surface area contributed by atoms with Gasteiger partial charge >= 0.3 is 0 Å². The van der Waals surface area contributed by atoms with Gasteiger partial charge in [-0.1, -0.05) is 19.1 Å². The van der Waals surface area contributed by atoms with Crippen molar-refractivity contribution >= 4 is 27.5 Å². The van der Waals surface area contributed by atoms with Crippen molar-refractivity contribution in [3.05, 3.63) is 29.8 Å². The molecule has 0 bridgehead atoms. The molecule has 0 heterocycles. The van der Waals surface area contributed by atoms with E-state index in [1.165, 1.54) is 4.31 Å². The van der Waals surface area contributed by atoms with E-state index in [9.17, 15) is 8.42 Å². The van der Waals surface area contributed by atoms with Crippen LogP contribution >= 0.6 is 11.8 Å². The lowest BCUT2D eigenvalue weighted by Gasteiger charge is -2.26. The molecule has 2 N–H and O–H groups in total. The van der Waals surface area contributed by atoms with Gasteiger partial charge in [0, 0.05) is 24.5 Å². The number of thioether (sulfide) groups is 1. The maximum Gasteiger partial charge on any atom is 0.218 e. The van der Waals surface area contributed by atoms with Gasteiger partial charge in [0.15, 0.2) is 0 Å². The largest absolute Gasteiger partial charge is 0.399 e. The van der Waals surface area contributed by atoms with Crippen LogP contribution in [0.15, 0.2) is 24.3 Å². The molecular weight excluding hydrogens is 280 g/mol. The summed E-state index contributed by atoms with van der Waals surface area (Å²) in [6, 6.07) is 7.02. The average Bonchev–Trinajstić information content (AvgIpc) is 2.37. The molecule has 0 saturated heterocycles. The van der Waals surface area contributed by atoms with Gasteiger partial charge in [0.2, 0.25) is 10.0 Å². The van der Waals surface area contributed by atoms with Crippen LogP contribution in [0.25, 0.3) is 0 Å². The first kappa shape index (κ1) is 16.3. The molecule has 0 saturated carbocycles. The SMILES string of the molecule is CCC(CSC)N(C)S(=O)(=O)Cc1ccc(N)cc1. The minimum absolute atomic E-state index is 0.0225. The standard InChI is InChI=1S/C13H22N2O2S2/c1-4-13(9-18-3)15(2)19(16,17)10-11-5-7-12(14)8-6-11/h5-8,13H,4,9-10,14H2,1-3H3. The van der Waals surface area contributed by atoms with E-state index in [-0.39, 0.29) is 11.8 Å². The predicted molar refractivity (Wildman–Crippen MR) is 83.7 cm³/mol. The van der Waals surface area contributed by atoms with Crippen molar-refractivity contribution in [2.45, 2.75) is 25.1 Å². The molecule has 1 unspecified atom stereocenters. The molecule has 1 aromatic carbocycles. The average molecular weight is 302 g/mol. The van der Waals surface area contributed by atoms with Crippen molar-refractivity contribution in [2.24, 2.45) is 0 Å². The maximum absolute atomic E-state index is 12.3. The monoisotopic (exact) mass is 302 g/mol. The lowest BCUT2D eigenvalue weighted by molar-refractivity contribution is 0.385. The molecule has 0 amide bonds. The molecule has 0 aromatic heterocycles. The Bertz CT molecular complexity index is 486. The number of sulfonamides is 1. The van der Waals surface area contributed by atoms with Crippen LogP contribution in [0.3, 0.4) is 0 Å². The summed E-state index contributed by atoms with van der Waals surface area (Å²) in [5, 5.41) is 0. The van der Waals surface area contributed by atoms with E-state index >= 15 is 0 Å². The first-order valence-electron chi connectivity index (χ1n) is 6.19. The summed E-state index contributed by atoms with van der Waals surface area (Å²) in [7, 11) is -1.62. The molecule has 19 heavy (non-hydrogen) atoms. The molecule has 1 rings (SSSR count). The van der Waals surface area contributed by atoms with Crippen LogP contribution in [0.5, 0.6) is 0 Å². The zero-order valence-electron chi connectivity index (χ0n) is 11.7. The number of nitrogens with zero attached hydrogens (tertiary/aromatic N) is 1. The van der Waals surface area contributed by atoms with Crippen molar-refractivity contribution in [3.63, 3.8) is 0 Å². The van der Waals surface area contributed by atoms with Gasteiger partial charge in [0.25, 0.3) is 0 Å². The molecule has 0 aliphatic heterocycles. The van der Waals surface area contributed by atoms with Gasteiger partial charge in [-0.25, -0.2) is 12.7 Å². The molecule has 0 radical (unpaired) electrons. The Labute approximate surface area is 120 Å². The van der Waals surface area contributed by atoms with Crippen molar-refractivity contribution in [3.8, 4) is 0 Å². The molecular formula is C13H22N2O2S2. The predicted octanol–water partition coefficient (Wildman–Crippen LogP) is 2.17. The van der Waals surface area contributed by atoms with Crippen LogP contribution in [0.2, 0.25) is 0 Å². The number of rotatable bonds is 7. The summed E-state index contributed by atoms with van der Waals surface area (Å²) >= 11 is 1.66. The minimum Gasteiger partial charge on any atom is -0.399 e. The second-order valence-electron chi connectivity index (χ2n) is 4.53. The number of hydrogen-bond acceptors (Lipinski definition) is 4. The first-order chi connectivity index (χ1) is 8.90. The zero-order valence-corrected chi connectivity index (χ0v) is 13.3. The highest BCUT2D eigenvalue weighted by atomic mass is 32.2. The van der Waals surface area contributed by atoms with E-state index in [2.05, 4.69) is 0 Å². The molecule has 1 aromatic rings. The fraction of sp³-hybridized carbons (Fsp3) is 0.538. The normalized spacial score (nSPS) is 13.7. The number of nitrogen functional groups attached to an aromatic ring is 1. The Balaban J connectivity index is 2.82. The van der Waals surface area contributed by atoms with E-state index in [0.717, 1.165) is 17.7 Å². The number of nitrogens with two attached hydrogens (primary N) is 1.